The molecule has 32 heavy (non-hydrogen) atoms. The van der Waals surface area contributed by atoms with Gasteiger partial charge < -0.3 is 14.8 Å². The van der Waals surface area contributed by atoms with Crippen LogP contribution in [0.3, 0.4) is 0 Å². The molecule has 0 saturated carbocycles. The van der Waals surface area contributed by atoms with E-state index in [1.165, 1.54) is 16.8 Å². The second-order valence-corrected chi connectivity index (χ2v) is 7.92. The third-order valence-corrected chi connectivity index (χ3v) is 5.67. The first-order valence-electron chi connectivity index (χ1n) is 10.6. The van der Waals surface area contributed by atoms with Crippen LogP contribution in [0.2, 0.25) is 0 Å². The third-order valence-electron chi connectivity index (χ3n) is 5.67. The number of piperidine rings is 1. The van der Waals surface area contributed by atoms with Gasteiger partial charge in [-0.05, 0) is 44.4 Å². The Labute approximate surface area is 185 Å². The van der Waals surface area contributed by atoms with Gasteiger partial charge in [-0.2, -0.15) is 0 Å². The summed E-state index contributed by atoms with van der Waals surface area (Å²) >= 11 is 0. The van der Waals surface area contributed by atoms with Crippen molar-refractivity contribution in [2.45, 2.75) is 32.2 Å². The average molecular weight is 431 g/mol. The van der Waals surface area contributed by atoms with Gasteiger partial charge in [0.2, 0.25) is 5.56 Å². The molecule has 8 nitrogen and oxygen atoms in total. The van der Waals surface area contributed by atoms with Gasteiger partial charge in [-0.1, -0.05) is 18.2 Å². The van der Waals surface area contributed by atoms with E-state index in [0.29, 0.717) is 34.9 Å². The van der Waals surface area contributed by atoms with Crippen molar-refractivity contribution in [3.8, 4) is 0 Å². The second kappa shape index (κ2) is 9.13. The van der Waals surface area contributed by atoms with Gasteiger partial charge in [0.15, 0.2) is 5.82 Å². The number of nitrogens with one attached hydrogen (secondary N) is 1. The fraction of sp³-hybridized carbons (Fsp3) is 0.292. The zero-order valence-corrected chi connectivity index (χ0v) is 18.1. The van der Waals surface area contributed by atoms with Crippen LogP contribution in [0.4, 0.5) is 5.69 Å². The van der Waals surface area contributed by atoms with Crippen LogP contribution in [-0.4, -0.2) is 37.8 Å². The molecule has 2 amide bonds. The van der Waals surface area contributed by atoms with E-state index < -0.39 is 0 Å². The summed E-state index contributed by atoms with van der Waals surface area (Å²) in [7, 11) is 1.62. The lowest BCUT2D eigenvalue weighted by Crippen LogP contribution is -2.39. The molecule has 1 N–H and O–H groups in total. The number of carbonyl (C=O) groups excluding carboxylic acids is 2. The van der Waals surface area contributed by atoms with E-state index in [2.05, 4.69) is 15.3 Å². The second-order valence-electron chi connectivity index (χ2n) is 7.92. The standard InChI is InChI=1S/C24H25N5O3/c1-16-19(23(31)27-18-8-4-3-5-9-18)14-25-22(26-16)20-10-6-7-13-29(20)24(32)17-11-12-21(30)28(2)15-17/h3-5,8-9,11-12,14-15,20H,6-7,10,13H2,1-2H3,(H,27,31)/t20-/m1/s1. The zero-order valence-electron chi connectivity index (χ0n) is 18.1. The molecular weight excluding hydrogens is 406 g/mol. The average Bonchev–Trinajstić information content (AvgIpc) is 2.81. The lowest BCUT2D eigenvalue weighted by Gasteiger charge is -2.35. The molecule has 0 spiro atoms. The summed E-state index contributed by atoms with van der Waals surface area (Å²) in [5.74, 6) is 0.0936. The normalized spacial score (nSPS) is 15.9. The quantitative estimate of drug-likeness (QED) is 0.685. The number of rotatable bonds is 4. The summed E-state index contributed by atoms with van der Waals surface area (Å²) in [6.07, 6.45) is 5.68. The van der Waals surface area contributed by atoms with Crippen molar-refractivity contribution in [1.82, 2.24) is 19.4 Å². The van der Waals surface area contributed by atoms with Crippen LogP contribution in [0.25, 0.3) is 0 Å². The summed E-state index contributed by atoms with van der Waals surface area (Å²) in [6, 6.07) is 11.9. The lowest BCUT2D eigenvalue weighted by atomic mass is 10.00. The highest BCUT2D eigenvalue weighted by Gasteiger charge is 2.31. The van der Waals surface area contributed by atoms with Crippen LogP contribution in [0, 0.1) is 6.92 Å². The smallest absolute Gasteiger partial charge is 0.259 e. The molecule has 0 aliphatic carbocycles. The Morgan fingerprint density at radius 1 is 1.09 bits per heavy atom. The van der Waals surface area contributed by atoms with Crippen molar-refractivity contribution < 1.29 is 9.59 Å². The third kappa shape index (κ3) is 4.44. The summed E-state index contributed by atoms with van der Waals surface area (Å²) in [5, 5.41) is 2.85. The Morgan fingerprint density at radius 2 is 1.88 bits per heavy atom. The molecule has 1 fully saturated rings. The maximum absolute atomic E-state index is 13.2. The van der Waals surface area contributed by atoms with Gasteiger partial charge in [-0.3, -0.25) is 14.4 Å². The summed E-state index contributed by atoms with van der Waals surface area (Å²) in [6.45, 7) is 2.36. The lowest BCUT2D eigenvalue weighted by molar-refractivity contribution is 0.0598. The molecule has 1 atom stereocenters. The van der Waals surface area contributed by atoms with Crippen LogP contribution in [0.1, 0.15) is 57.5 Å². The molecular formula is C24H25N5O3. The number of hydrogen-bond acceptors (Lipinski definition) is 5. The molecule has 164 valence electrons. The van der Waals surface area contributed by atoms with Crippen LogP contribution >= 0.6 is 0 Å². The van der Waals surface area contributed by atoms with Crippen molar-refractivity contribution in [3.63, 3.8) is 0 Å². The van der Waals surface area contributed by atoms with E-state index in [-0.39, 0.29) is 23.4 Å². The van der Waals surface area contributed by atoms with Gasteiger partial charge in [-0.15, -0.1) is 0 Å². The first kappa shape index (κ1) is 21.4. The molecule has 3 heterocycles. The van der Waals surface area contributed by atoms with E-state index in [1.807, 2.05) is 30.3 Å². The minimum atomic E-state index is -0.279. The van der Waals surface area contributed by atoms with Crippen molar-refractivity contribution in [2.24, 2.45) is 7.05 Å². The molecule has 1 saturated heterocycles. The van der Waals surface area contributed by atoms with Crippen molar-refractivity contribution in [3.05, 3.63) is 87.9 Å². The van der Waals surface area contributed by atoms with Gasteiger partial charge in [0.05, 0.1) is 22.9 Å². The minimum Gasteiger partial charge on any atom is -0.328 e. The molecule has 1 aliphatic rings. The van der Waals surface area contributed by atoms with E-state index >= 15 is 0 Å². The number of aryl methyl sites for hydroxylation is 2. The number of nitrogens with zero attached hydrogens (tertiary/aromatic N) is 4. The largest absolute Gasteiger partial charge is 0.328 e. The van der Waals surface area contributed by atoms with Crippen LogP contribution in [0.5, 0.6) is 0 Å². The number of hydrogen-bond donors (Lipinski definition) is 1. The van der Waals surface area contributed by atoms with Crippen molar-refractivity contribution >= 4 is 17.5 Å². The van der Waals surface area contributed by atoms with Gasteiger partial charge in [0.25, 0.3) is 11.8 Å². The Morgan fingerprint density at radius 3 is 2.59 bits per heavy atom. The number of aromatic nitrogens is 3. The number of para-hydroxylation sites is 1. The number of pyridine rings is 1. The van der Waals surface area contributed by atoms with Gasteiger partial charge >= 0.3 is 0 Å². The van der Waals surface area contributed by atoms with Gasteiger partial charge in [0.1, 0.15) is 0 Å². The maximum atomic E-state index is 13.2. The van der Waals surface area contributed by atoms with E-state index in [1.54, 1.807) is 31.1 Å². The predicted molar refractivity (Wildman–Crippen MR) is 120 cm³/mol. The molecule has 1 aliphatic heterocycles. The Balaban J connectivity index is 1.57. The van der Waals surface area contributed by atoms with Gasteiger partial charge in [-0.25, -0.2) is 9.97 Å². The maximum Gasteiger partial charge on any atom is 0.259 e. The number of carbonyl (C=O) groups is 2. The summed E-state index contributed by atoms with van der Waals surface area (Å²) in [5.41, 5.74) is 1.94. The molecule has 3 aromatic rings. The first-order chi connectivity index (χ1) is 15.4. The monoisotopic (exact) mass is 431 g/mol. The predicted octanol–water partition coefficient (Wildman–Crippen LogP) is 3.10. The molecule has 8 heteroatoms. The van der Waals surface area contributed by atoms with E-state index in [0.717, 1.165) is 19.3 Å². The molecule has 1 aromatic carbocycles. The zero-order chi connectivity index (χ0) is 22.7. The van der Waals surface area contributed by atoms with Gasteiger partial charge in [0, 0.05) is 37.7 Å². The number of benzene rings is 1. The topological polar surface area (TPSA) is 97.2 Å². The number of amides is 2. The fourth-order valence-electron chi connectivity index (χ4n) is 3.92. The first-order valence-corrected chi connectivity index (χ1v) is 10.6. The summed E-state index contributed by atoms with van der Waals surface area (Å²) < 4.78 is 1.40. The Bertz CT molecular complexity index is 1210. The minimum absolute atomic E-state index is 0.155. The SMILES string of the molecule is Cc1nc([C@H]2CCCCN2C(=O)c2ccc(=O)n(C)c2)ncc1C(=O)Nc1ccccc1. The highest BCUT2D eigenvalue weighted by atomic mass is 16.2. The molecule has 2 aromatic heterocycles. The molecule has 4 rings (SSSR count). The number of likely N-dealkylation sites (tertiary alicyclic amines) is 1. The Kier molecular flexibility index (Phi) is 6.11. The van der Waals surface area contributed by atoms with Crippen LogP contribution in [0.15, 0.2) is 59.7 Å². The molecule has 0 unspecified atom stereocenters. The van der Waals surface area contributed by atoms with E-state index in [9.17, 15) is 14.4 Å². The van der Waals surface area contributed by atoms with E-state index in [4.69, 9.17) is 0 Å². The van der Waals surface area contributed by atoms with Crippen molar-refractivity contribution in [2.75, 3.05) is 11.9 Å². The number of anilines is 1. The van der Waals surface area contributed by atoms with Crippen molar-refractivity contribution in [1.29, 1.82) is 0 Å². The van der Waals surface area contributed by atoms with Crippen LogP contribution < -0.4 is 10.9 Å². The molecule has 0 radical (unpaired) electrons. The highest BCUT2D eigenvalue weighted by Crippen LogP contribution is 2.30. The highest BCUT2D eigenvalue weighted by molar-refractivity contribution is 6.04. The molecule has 0 bridgehead atoms. The summed E-state index contributed by atoms with van der Waals surface area (Å²) in [4.78, 5) is 48.4. The Hall–Kier alpha value is -3.81. The van der Waals surface area contributed by atoms with Crippen LogP contribution in [-0.2, 0) is 7.05 Å². The fourth-order valence-corrected chi connectivity index (χ4v) is 3.92.